The lowest BCUT2D eigenvalue weighted by atomic mass is 9.47. The van der Waals surface area contributed by atoms with Gasteiger partial charge in [0.2, 0.25) is 0 Å². The lowest BCUT2D eigenvalue weighted by Crippen LogP contribution is -2.56. The second-order valence-corrected chi connectivity index (χ2v) is 10.2. The Bertz CT molecular complexity index is 858. The molecule has 162 valence electrons. The highest BCUT2D eigenvalue weighted by atomic mass is 16.4. The highest BCUT2D eigenvalue weighted by Gasteiger charge is 2.65. The molecule has 4 heteroatoms. The first-order valence-electron chi connectivity index (χ1n) is 11.5. The molecule has 0 aromatic rings. The van der Waals surface area contributed by atoms with E-state index in [1.165, 1.54) is 5.57 Å². The van der Waals surface area contributed by atoms with Crippen LogP contribution in [0, 0.1) is 46.8 Å². The molecular weight excluding hydrogens is 376 g/mol. The molecule has 4 nitrogen and oxygen atoms in total. The third-order valence-corrected chi connectivity index (χ3v) is 9.01. The highest BCUT2D eigenvalue weighted by molar-refractivity contribution is 5.91. The number of allylic oxidation sites excluding steroid dienone is 1. The van der Waals surface area contributed by atoms with Crippen molar-refractivity contribution in [2.24, 2.45) is 35.0 Å². The zero-order chi connectivity index (χ0) is 21.7. The minimum absolute atomic E-state index is 0.0103. The third kappa shape index (κ3) is 3.17. The van der Waals surface area contributed by atoms with E-state index in [9.17, 15) is 14.7 Å². The smallest absolute Gasteiger partial charge is 0.303 e. The summed E-state index contributed by atoms with van der Waals surface area (Å²) in [4.78, 5) is 23.1. The van der Waals surface area contributed by atoms with E-state index < -0.39 is 11.6 Å². The van der Waals surface area contributed by atoms with Crippen molar-refractivity contribution in [2.75, 3.05) is 0 Å². The van der Waals surface area contributed by atoms with Crippen LogP contribution in [0.15, 0.2) is 23.8 Å². The molecular formula is C26H34O4. The standard InChI is InChI=1S/C26H34O4/c1-4-5-18-15-25(3)22(12-13-26(25,30)16(2)6-11-23(28)29)21-9-7-17-14-19(27)8-10-20(17)24(18)21/h14,18,20-22,24,30H,2,6-13,15H2,1,3H3,(H,28,29)/t18-,20-,21-,22-,24+,25-,26+/m0/s1. The Morgan fingerprint density at radius 3 is 2.73 bits per heavy atom. The molecule has 0 saturated heterocycles. The minimum Gasteiger partial charge on any atom is -0.481 e. The molecule has 0 radical (unpaired) electrons. The third-order valence-electron chi connectivity index (χ3n) is 9.01. The van der Waals surface area contributed by atoms with Crippen LogP contribution in [0.4, 0.5) is 0 Å². The van der Waals surface area contributed by atoms with Crippen LogP contribution in [0.25, 0.3) is 0 Å². The van der Waals surface area contributed by atoms with Gasteiger partial charge in [-0.05, 0) is 87.2 Å². The van der Waals surface area contributed by atoms with Crippen LogP contribution >= 0.6 is 0 Å². The molecule has 3 saturated carbocycles. The summed E-state index contributed by atoms with van der Waals surface area (Å²) >= 11 is 0. The summed E-state index contributed by atoms with van der Waals surface area (Å²) < 4.78 is 0. The number of aliphatic hydroxyl groups is 1. The van der Waals surface area contributed by atoms with Crippen molar-refractivity contribution < 1.29 is 19.8 Å². The van der Waals surface area contributed by atoms with Gasteiger partial charge < -0.3 is 10.2 Å². The van der Waals surface area contributed by atoms with Gasteiger partial charge in [0, 0.05) is 24.2 Å². The summed E-state index contributed by atoms with van der Waals surface area (Å²) in [5.74, 6) is 8.04. The maximum atomic E-state index is 12.0. The van der Waals surface area contributed by atoms with Crippen molar-refractivity contribution in [1.29, 1.82) is 0 Å². The molecule has 0 aliphatic heterocycles. The highest BCUT2D eigenvalue weighted by Crippen LogP contribution is 2.67. The van der Waals surface area contributed by atoms with Gasteiger partial charge in [-0.3, -0.25) is 9.59 Å². The van der Waals surface area contributed by atoms with Gasteiger partial charge in [-0.25, -0.2) is 0 Å². The normalized spacial score (nSPS) is 42.2. The summed E-state index contributed by atoms with van der Waals surface area (Å²) in [5.41, 5.74) is 0.656. The van der Waals surface area contributed by atoms with E-state index in [-0.39, 0.29) is 23.5 Å². The Hall–Kier alpha value is -1.86. The lowest BCUT2D eigenvalue weighted by Gasteiger charge is -2.58. The molecule has 0 heterocycles. The predicted molar refractivity (Wildman–Crippen MR) is 115 cm³/mol. The number of fused-ring (bicyclic) bond motifs is 5. The summed E-state index contributed by atoms with van der Waals surface area (Å²) in [7, 11) is 0. The monoisotopic (exact) mass is 410 g/mol. The Labute approximate surface area is 179 Å². The fourth-order valence-corrected chi connectivity index (χ4v) is 7.69. The molecule has 30 heavy (non-hydrogen) atoms. The topological polar surface area (TPSA) is 74.6 Å². The molecule has 2 N–H and O–H groups in total. The summed E-state index contributed by atoms with van der Waals surface area (Å²) in [6, 6.07) is 0. The number of ketones is 1. The second-order valence-electron chi connectivity index (χ2n) is 10.2. The van der Waals surface area contributed by atoms with E-state index in [0.29, 0.717) is 48.5 Å². The first kappa shape index (κ1) is 21.4. The van der Waals surface area contributed by atoms with Crippen LogP contribution in [0.2, 0.25) is 0 Å². The number of carboxylic acid groups (broad SMARTS) is 1. The Balaban J connectivity index is 1.68. The summed E-state index contributed by atoms with van der Waals surface area (Å²) in [6.07, 6.45) is 8.29. The number of aliphatic carboxylic acids is 1. The minimum atomic E-state index is -1.02. The van der Waals surface area contributed by atoms with Gasteiger partial charge in [-0.1, -0.05) is 25.0 Å². The van der Waals surface area contributed by atoms with E-state index in [0.717, 1.165) is 32.1 Å². The maximum absolute atomic E-state index is 12.0. The first-order chi connectivity index (χ1) is 14.2. The number of hydrogen-bond donors (Lipinski definition) is 2. The maximum Gasteiger partial charge on any atom is 0.303 e. The lowest BCUT2D eigenvalue weighted by molar-refractivity contribution is -0.137. The van der Waals surface area contributed by atoms with Crippen molar-refractivity contribution in [3.63, 3.8) is 0 Å². The van der Waals surface area contributed by atoms with Gasteiger partial charge in [-0.2, -0.15) is 0 Å². The number of carbonyl (C=O) groups is 2. The zero-order valence-electron chi connectivity index (χ0n) is 18.2. The molecule has 3 fully saturated rings. The Morgan fingerprint density at radius 2 is 2.03 bits per heavy atom. The number of rotatable bonds is 4. The summed E-state index contributed by atoms with van der Waals surface area (Å²) in [6.45, 7) is 8.26. The van der Waals surface area contributed by atoms with E-state index in [1.807, 2.05) is 13.0 Å². The first-order valence-corrected chi connectivity index (χ1v) is 11.5. The van der Waals surface area contributed by atoms with Crippen LogP contribution in [-0.2, 0) is 9.59 Å². The molecule has 4 rings (SSSR count). The number of carbonyl (C=O) groups excluding carboxylic acids is 1. The number of carboxylic acids is 1. The van der Waals surface area contributed by atoms with Crippen LogP contribution in [-0.4, -0.2) is 27.6 Å². The molecule has 0 bridgehead atoms. The van der Waals surface area contributed by atoms with Crippen LogP contribution in [0.3, 0.4) is 0 Å². The molecule has 4 aliphatic rings. The average Bonchev–Trinajstić information content (AvgIpc) is 2.97. The largest absolute Gasteiger partial charge is 0.481 e. The van der Waals surface area contributed by atoms with Crippen molar-refractivity contribution in [2.45, 2.75) is 77.2 Å². The van der Waals surface area contributed by atoms with Gasteiger partial charge in [0.05, 0.1) is 5.60 Å². The fraction of sp³-hybridized carbons (Fsp3) is 0.692. The molecule has 0 amide bonds. The van der Waals surface area contributed by atoms with Crippen molar-refractivity contribution in [1.82, 2.24) is 0 Å². The zero-order valence-corrected chi connectivity index (χ0v) is 18.2. The van der Waals surface area contributed by atoms with E-state index in [2.05, 4.69) is 25.3 Å². The van der Waals surface area contributed by atoms with Crippen molar-refractivity contribution >= 4 is 11.8 Å². The van der Waals surface area contributed by atoms with E-state index in [1.54, 1.807) is 0 Å². The van der Waals surface area contributed by atoms with Gasteiger partial charge in [0.25, 0.3) is 0 Å². The van der Waals surface area contributed by atoms with Crippen molar-refractivity contribution in [3.8, 4) is 11.8 Å². The van der Waals surface area contributed by atoms with E-state index in [4.69, 9.17) is 5.11 Å². The molecule has 0 aromatic heterocycles. The molecule has 0 spiro atoms. The Kier molecular flexibility index (Phi) is 5.47. The molecule has 4 aliphatic carbocycles. The van der Waals surface area contributed by atoms with Gasteiger partial charge >= 0.3 is 5.97 Å². The molecule has 0 unspecified atom stereocenters. The van der Waals surface area contributed by atoms with Gasteiger partial charge in [0.1, 0.15) is 0 Å². The quantitative estimate of drug-likeness (QED) is 0.527. The number of hydrogen-bond acceptors (Lipinski definition) is 3. The molecule has 0 aromatic carbocycles. The fourth-order valence-electron chi connectivity index (χ4n) is 7.69. The van der Waals surface area contributed by atoms with Gasteiger partial charge in [0.15, 0.2) is 5.78 Å². The summed E-state index contributed by atoms with van der Waals surface area (Å²) in [5, 5.41) is 21.0. The average molecular weight is 411 g/mol. The van der Waals surface area contributed by atoms with Crippen LogP contribution < -0.4 is 0 Å². The van der Waals surface area contributed by atoms with Crippen LogP contribution in [0.5, 0.6) is 0 Å². The Morgan fingerprint density at radius 1 is 1.27 bits per heavy atom. The SMILES string of the molecule is C=C(CCC(=O)O)[C@]1(O)CC[C@H]2[C@@H]3CCC4=CC(=O)CC[C@@H]4[C@H]3[C@@H](C#CC)C[C@@]21C. The van der Waals surface area contributed by atoms with Crippen molar-refractivity contribution in [3.05, 3.63) is 23.8 Å². The van der Waals surface area contributed by atoms with Crippen LogP contribution in [0.1, 0.15) is 71.6 Å². The predicted octanol–water partition coefficient (Wildman–Crippen LogP) is 4.53. The van der Waals surface area contributed by atoms with Gasteiger partial charge in [-0.15, -0.1) is 5.92 Å². The molecule has 7 atom stereocenters. The van der Waals surface area contributed by atoms with E-state index >= 15 is 0 Å². The second kappa shape index (κ2) is 7.68.